The number of carbonyl (C=O) groups excluding carboxylic acids is 1. The minimum atomic E-state index is -0.476. The average molecular weight is 233 g/mol. The molecular weight excluding hydrogens is 221 g/mol. The standard InChI is InChI=1S/C13H12FNO2/c1-2-9-5-13(17)15(7-9)11-3-4-12(14)10(6-11)8-16/h1,3-4,6,9,16H,5,7-8H2. The smallest absolute Gasteiger partial charge is 0.228 e. The van der Waals surface area contributed by atoms with E-state index in [1.807, 2.05) is 0 Å². The van der Waals surface area contributed by atoms with E-state index in [9.17, 15) is 9.18 Å². The topological polar surface area (TPSA) is 40.5 Å². The number of anilines is 1. The van der Waals surface area contributed by atoms with Crippen LogP contribution in [0.5, 0.6) is 0 Å². The predicted octanol–water partition coefficient (Wildman–Crippen LogP) is 1.30. The quantitative estimate of drug-likeness (QED) is 0.782. The first-order chi connectivity index (χ1) is 8.15. The van der Waals surface area contributed by atoms with E-state index in [-0.39, 0.29) is 24.0 Å². The fourth-order valence-electron chi connectivity index (χ4n) is 1.92. The second kappa shape index (κ2) is 4.56. The lowest BCUT2D eigenvalue weighted by Crippen LogP contribution is -2.24. The maximum absolute atomic E-state index is 13.2. The van der Waals surface area contributed by atoms with Gasteiger partial charge in [0.25, 0.3) is 0 Å². The average Bonchev–Trinajstić information content (AvgIpc) is 2.71. The normalized spacial score (nSPS) is 19.5. The molecule has 1 aliphatic rings. The van der Waals surface area contributed by atoms with Gasteiger partial charge in [-0.3, -0.25) is 4.79 Å². The Labute approximate surface area is 98.9 Å². The van der Waals surface area contributed by atoms with Crippen LogP contribution in [0.4, 0.5) is 10.1 Å². The summed E-state index contributed by atoms with van der Waals surface area (Å²) in [5.74, 6) is 1.91. The molecule has 1 aromatic rings. The summed E-state index contributed by atoms with van der Waals surface area (Å²) < 4.78 is 13.2. The van der Waals surface area contributed by atoms with Gasteiger partial charge in [-0.1, -0.05) is 0 Å². The summed E-state index contributed by atoms with van der Waals surface area (Å²) in [5.41, 5.74) is 0.762. The van der Waals surface area contributed by atoms with Crippen molar-refractivity contribution in [2.45, 2.75) is 13.0 Å². The van der Waals surface area contributed by atoms with Gasteiger partial charge in [-0.25, -0.2) is 4.39 Å². The molecule has 0 aromatic heterocycles. The van der Waals surface area contributed by atoms with Crippen LogP contribution < -0.4 is 4.90 Å². The summed E-state index contributed by atoms with van der Waals surface area (Å²) in [5, 5.41) is 8.97. The summed E-state index contributed by atoms with van der Waals surface area (Å²) in [4.78, 5) is 13.2. The minimum absolute atomic E-state index is 0.0663. The number of halogens is 1. The molecule has 17 heavy (non-hydrogen) atoms. The SMILES string of the molecule is C#CC1CC(=O)N(c2ccc(F)c(CO)c2)C1. The number of aliphatic hydroxyl groups is 1. The summed E-state index contributed by atoms with van der Waals surface area (Å²) in [6.07, 6.45) is 5.61. The first-order valence-corrected chi connectivity index (χ1v) is 5.31. The Balaban J connectivity index is 2.29. The van der Waals surface area contributed by atoms with Crippen molar-refractivity contribution in [1.29, 1.82) is 0 Å². The van der Waals surface area contributed by atoms with Gasteiger partial charge < -0.3 is 10.0 Å². The van der Waals surface area contributed by atoms with Gasteiger partial charge in [0.1, 0.15) is 5.82 Å². The molecular formula is C13H12FNO2. The third-order valence-corrected chi connectivity index (χ3v) is 2.87. The zero-order chi connectivity index (χ0) is 12.4. The maximum atomic E-state index is 13.2. The highest BCUT2D eigenvalue weighted by atomic mass is 19.1. The number of carbonyl (C=O) groups is 1. The zero-order valence-corrected chi connectivity index (χ0v) is 9.19. The van der Waals surface area contributed by atoms with Crippen molar-refractivity contribution in [3.05, 3.63) is 29.6 Å². The van der Waals surface area contributed by atoms with Crippen molar-refractivity contribution in [3.63, 3.8) is 0 Å². The molecule has 2 rings (SSSR count). The van der Waals surface area contributed by atoms with Crippen LogP contribution in [0, 0.1) is 24.1 Å². The molecule has 1 N–H and O–H groups in total. The highest BCUT2D eigenvalue weighted by molar-refractivity contribution is 5.96. The van der Waals surface area contributed by atoms with Crippen LogP contribution in [0.15, 0.2) is 18.2 Å². The molecule has 1 amide bonds. The highest BCUT2D eigenvalue weighted by Gasteiger charge is 2.29. The monoisotopic (exact) mass is 233 g/mol. The molecule has 1 heterocycles. The molecule has 4 heteroatoms. The second-order valence-corrected chi connectivity index (χ2v) is 4.01. The molecule has 3 nitrogen and oxygen atoms in total. The largest absolute Gasteiger partial charge is 0.392 e. The zero-order valence-electron chi connectivity index (χ0n) is 9.19. The number of terminal acetylenes is 1. The van der Waals surface area contributed by atoms with Crippen molar-refractivity contribution < 1.29 is 14.3 Å². The molecule has 1 fully saturated rings. The molecule has 0 aliphatic carbocycles. The highest BCUT2D eigenvalue weighted by Crippen LogP contribution is 2.26. The van der Waals surface area contributed by atoms with Gasteiger partial charge in [-0.05, 0) is 18.2 Å². The van der Waals surface area contributed by atoms with Gasteiger partial charge >= 0.3 is 0 Å². The molecule has 1 saturated heterocycles. The minimum Gasteiger partial charge on any atom is -0.392 e. The van der Waals surface area contributed by atoms with Gasteiger partial charge in [-0.2, -0.15) is 0 Å². The third-order valence-electron chi connectivity index (χ3n) is 2.87. The summed E-state index contributed by atoms with van der Waals surface area (Å²) >= 11 is 0. The van der Waals surface area contributed by atoms with Crippen LogP contribution >= 0.6 is 0 Å². The Kier molecular flexibility index (Phi) is 3.12. The first kappa shape index (κ1) is 11.6. The Morgan fingerprint density at radius 1 is 1.59 bits per heavy atom. The molecule has 0 bridgehead atoms. The van der Waals surface area contributed by atoms with E-state index >= 15 is 0 Å². The van der Waals surface area contributed by atoms with Crippen LogP contribution in [-0.4, -0.2) is 17.6 Å². The fourth-order valence-corrected chi connectivity index (χ4v) is 1.92. The van der Waals surface area contributed by atoms with E-state index in [0.717, 1.165) is 0 Å². The van der Waals surface area contributed by atoms with E-state index in [2.05, 4.69) is 5.92 Å². The molecule has 0 saturated carbocycles. The van der Waals surface area contributed by atoms with E-state index in [4.69, 9.17) is 11.5 Å². The molecule has 0 spiro atoms. The van der Waals surface area contributed by atoms with Gasteiger partial charge in [0.15, 0.2) is 0 Å². The lowest BCUT2D eigenvalue weighted by atomic mass is 10.1. The van der Waals surface area contributed by atoms with Crippen molar-refractivity contribution in [2.24, 2.45) is 5.92 Å². The number of benzene rings is 1. The van der Waals surface area contributed by atoms with Crippen LogP contribution in [0.2, 0.25) is 0 Å². The van der Waals surface area contributed by atoms with Crippen molar-refractivity contribution >= 4 is 11.6 Å². The van der Waals surface area contributed by atoms with E-state index in [0.29, 0.717) is 18.7 Å². The number of amides is 1. The van der Waals surface area contributed by atoms with Gasteiger partial charge in [0, 0.05) is 30.1 Å². The number of hydrogen-bond acceptors (Lipinski definition) is 2. The van der Waals surface area contributed by atoms with E-state index in [1.165, 1.54) is 23.1 Å². The van der Waals surface area contributed by atoms with Crippen LogP contribution in [0.3, 0.4) is 0 Å². The van der Waals surface area contributed by atoms with Crippen molar-refractivity contribution in [1.82, 2.24) is 0 Å². The predicted molar refractivity (Wildman–Crippen MR) is 61.6 cm³/mol. The van der Waals surface area contributed by atoms with Crippen LogP contribution in [0.1, 0.15) is 12.0 Å². The molecule has 1 aromatic carbocycles. The Bertz CT molecular complexity index is 493. The molecule has 1 atom stereocenters. The maximum Gasteiger partial charge on any atom is 0.228 e. The van der Waals surface area contributed by atoms with Gasteiger partial charge in [0.05, 0.1) is 6.61 Å². The van der Waals surface area contributed by atoms with Gasteiger partial charge in [-0.15, -0.1) is 12.3 Å². The number of hydrogen-bond donors (Lipinski definition) is 1. The van der Waals surface area contributed by atoms with Crippen molar-refractivity contribution in [3.8, 4) is 12.3 Å². The number of nitrogens with zero attached hydrogens (tertiary/aromatic N) is 1. The Morgan fingerprint density at radius 2 is 2.35 bits per heavy atom. The van der Waals surface area contributed by atoms with Crippen LogP contribution in [0.25, 0.3) is 0 Å². The summed E-state index contributed by atoms with van der Waals surface area (Å²) in [6.45, 7) is 0.0616. The lowest BCUT2D eigenvalue weighted by Gasteiger charge is -2.16. The third kappa shape index (κ3) is 2.15. The fraction of sp³-hybridized carbons (Fsp3) is 0.308. The molecule has 88 valence electrons. The Hall–Kier alpha value is -1.86. The number of aliphatic hydroxyl groups excluding tert-OH is 1. The summed E-state index contributed by atoms with van der Waals surface area (Å²) in [7, 11) is 0. The molecule has 1 unspecified atom stereocenters. The summed E-state index contributed by atoms with van der Waals surface area (Å²) in [6, 6.07) is 4.24. The van der Waals surface area contributed by atoms with Crippen LogP contribution in [-0.2, 0) is 11.4 Å². The molecule has 0 radical (unpaired) electrons. The Morgan fingerprint density at radius 3 is 2.94 bits per heavy atom. The van der Waals surface area contributed by atoms with E-state index < -0.39 is 5.82 Å². The molecule has 1 aliphatic heterocycles. The van der Waals surface area contributed by atoms with Gasteiger partial charge in [0.2, 0.25) is 5.91 Å². The first-order valence-electron chi connectivity index (χ1n) is 5.31. The number of rotatable bonds is 2. The van der Waals surface area contributed by atoms with Crippen molar-refractivity contribution in [2.75, 3.05) is 11.4 Å². The second-order valence-electron chi connectivity index (χ2n) is 4.01. The lowest BCUT2D eigenvalue weighted by molar-refractivity contribution is -0.117. The van der Waals surface area contributed by atoms with E-state index in [1.54, 1.807) is 0 Å².